The SMILES string of the molecule is c1ccc2c(Cc3ccc(Oc4ccc(Cc5nccc6ccccc56)cc4)cc3)nccc2c1. The highest BCUT2D eigenvalue weighted by molar-refractivity contribution is 5.85. The first-order valence-electron chi connectivity index (χ1n) is 11.8. The molecule has 0 unspecified atom stereocenters. The third-order valence-electron chi connectivity index (χ3n) is 6.34. The molecule has 0 amide bonds. The number of ether oxygens (including phenoxy) is 1. The fourth-order valence-electron chi connectivity index (χ4n) is 4.52. The normalized spacial score (nSPS) is 11.1. The van der Waals surface area contributed by atoms with Gasteiger partial charge in [0.2, 0.25) is 0 Å². The van der Waals surface area contributed by atoms with Gasteiger partial charge >= 0.3 is 0 Å². The molecule has 6 rings (SSSR count). The van der Waals surface area contributed by atoms with Gasteiger partial charge in [-0.15, -0.1) is 0 Å². The highest BCUT2D eigenvalue weighted by atomic mass is 16.5. The van der Waals surface area contributed by atoms with Crippen LogP contribution in [-0.2, 0) is 12.8 Å². The molecule has 0 saturated heterocycles. The van der Waals surface area contributed by atoms with E-state index >= 15 is 0 Å². The van der Waals surface area contributed by atoms with Crippen LogP contribution in [-0.4, -0.2) is 9.97 Å². The molecule has 168 valence electrons. The Morgan fingerprint density at radius 2 is 0.886 bits per heavy atom. The number of hydrogen-bond donors (Lipinski definition) is 0. The molecule has 4 aromatic carbocycles. The predicted molar refractivity (Wildman–Crippen MR) is 142 cm³/mol. The summed E-state index contributed by atoms with van der Waals surface area (Å²) in [4.78, 5) is 9.22. The van der Waals surface area contributed by atoms with E-state index in [0.29, 0.717) is 0 Å². The monoisotopic (exact) mass is 452 g/mol. The van der Waals surface area contributed by atoms with Crippen LogP contribution in [0.5, 0.6) is 11.5 Å². The molecule has 3 nitrogen and oxygen atoms in total. The molecule has 0 bridgehead atoms. The largest absolute Gasteiger partial charge is 0.457 e. The van der Waals surface area contributed by atoms with Crippen molar-refractivity contribution in [3.05, 3.63) is 144 Å². The van der Waals surface area contributed by atoms with Crippen LogP contribution in [0.25, 0.3) is 21.5 Å². The molecule has 0 aliphatic rings. The molecular formula is C32H24N2O. The van der Waals surface area contributed by atoms with E-state index < -0.39 is 0 Å². The fraction of sp³-hybridized carbons (Fsp3) is 0.0625. The van der Waals surface area contributed by atoms with Crippen molar-refractivity contribution in [1.82, 2.24) is 9.97 Å². The van der Waals surface area contributed by atoms with E-state index in [0.717, 1.165) is 35.7 Å². The molecule has 0 spiro atoms. The second-order valence-electron chi connectivity index (χ2n) is 8.70. The number of pyridine rings is 2. The highest BCUT2D eigenvalue weighted by Gasteiger charge is 2.06. The number of aromatic nitrogens is 2. The summed E-state index contributed by atoms with van der Waals surface area (Å²) < 4.78 is 6.10. The van der Waals surface area contributed by atoms with Crippen LogP contribution < -0.4 is 4.74 Å². The molecule has 0 fully saturated rings. The van der Waals surface area contributed by atoms with Gasteiger partial charge in [-0.2, -0.15) is 0 Å². The summed E-state index contributed by atoms with van der Waals surface area (Å²) in [6.07, 6.45) is 5.35. The molecule has 2 heterocycles. The fourth-order valence-corrected chi connectivity index (χ4v) is 4.52. The minimum atomic E-state index is 0.790. The van der Waals surface area contributed by atoms with Crippen LogP contribution in [0, 0.1) is 0 Å². The van der Waals surface area contributed by atoms with Crippen molar-refractivity contribution in [2.24, 2.45) is 0 Å². The van der Waals surface area contributed by atoms with Crippen LogP contribution in [0.1, 0.15) is 22.5 Å². The van der Waals surface area contributed by atoms with Gasteiger partial charge in [0.1, 0.15) is 11.5 Å². The van der Waals surface area contributed by atoms with Crippen LogP contribution in [0.15, 0.2) is 122 Å². The summed E-state index contributed by atoms with van der Waals surface area (Å²) in [5.74, 6) is 1.64. The summed E-state index contributed by atoms with van der Waals surface area (Å²) in [7, 11) is 0. The Morgan fingerprint density at radius 1 is 0.457 bits per heavy atom. The molecular weight excluding hydrogens is 428 g/mol. The highest BCUT2D eigenvalue weighted by Crippen LogP contribution is 2.25. The Balaban J connectivity index is 1.13. The Morgan fingerprint density at radius 3 is 1.34 bits per heavy atom. The Labute approximate surface area is 204 Å². The Kier molecular flexibility index (Phi) is 5.65. The maximum absolute atomic E-state index is 6.10. The van der Waals surface area contributed by atoms with E-state index in [-0.39, 0.29) is 0 Å². The van der Waals surface area contributed by atoms with E-state index in [2.05, 4.69) is 94.9 Å². The van der Waals surface area contributed by atoms with Crippen LogP contribution in [0.2, 0.25) is 0 Å². The van der Waals surface area contributed by atoms with E-state index in [4.69, 9.17) is 4.74 Å². The lowest BCUT2D eigenvalue weighted by Gasteiger charge is -2.09. The van der Waals surface area contributed by atoms with Gasteiger partial charge in [-0.1, -0.05) is 72.8 Å². The molecule has 0 N–H and O–H groups in total. The first-order valence-corrected chi connectivity index (χ1v) is 11.8. The lowest BCUT2D eigenvalue weighted by Crippen LogP contribution is -1.94. The molecule has 0 aliphatic carbocycles. The first kappa shape index (κ1) is 21.1. The number of fused-ring (bicyclic) bond motifs is 2. The van der Waals surface area contributed by atoms with Gasteiger partial charge in [-0.3, -0.25) is 9.97 Å². The molecule has 0 atom stereocenters. The second kappa shape index (κ2) is 9.40. The van der Waals surface area contributed by atoms with Crippen molar-refractivity contribution in [2.75, 3.05) is 0 Å². The summed E-state index contributed by atoms with van der Waals surface area (Å²) in [5.41, 5.74) is 4.60. The van der Waals surface area contributed by atoms with Crippen molar-refractivity contribution in [1.29, 1.82) is 0 Å². The lowest BCUT2D eigenvalue weighted by atomic mass is 10.0. The summed E-state index contributed by atoms with van der Waals surface area (Å²) in [5, 5.41) is 4.84. The van der Waals surface area contributed by atoms with Gasteiger partial charge < -0.3 is 4.74 Å². The number of hydrogen-bond acceptors (Lipinski definition) is 3. The zero-order chi connectivity index (χ0) is 23.5. The van der Waals surface area contributed by atoms with Gasteiger partial charge in [0.15, 0.2) is 0 Å². The molecule has 0 saturated carbocycles. The number of rotatable bonds is 6. The smallest absolute Gasteiger partial charge is 0.127 e. The molecule has 6 aromatic rings. The maximum atomic E-state index is 6.10. The summed E-state index contributed by atoms with van der Waals surface area (Å²) >= 11 is 0. The lowest BCUT2D eigenvalue weighted by molar-refractivity contribution is 0.482. The second-order valence-corrected chi connectivity index (χ2v) is 8.70. The number of benzene rings is 4. The van der Waals surface area contributed by atoms with E-state index in [1.54, 1.807) is 0 Å². The summed E-state index contributed by atoms with van der Waals surface area (Å²) in [6.45, 7) is 0. The van der Waals surface area contributed by atoms with E-state index in [1.807, 2.05) is 36.7 Å². The molecule has 0 radical (unpaired) electrons. The van der Waals surface area contributed by atoms with Crippen molar-refractivity contribution in [2.45, 2.75) is 12.8 Å². The first-order chi connectivity index (χ1) is 17.3. The van der Waals surface area contributed by atoms with E-state index in [1.165, 1.54) is 32.7 Å². The van der Waals surface area contributed by atoms with Gasteiger partial charge in [-0.05, 0) is 58.3 Å². The average molecular weight is 453 g/mol. The van der Waals surface area contributed by atoms with Gasteiger partial charge in [-0.25, -0.2) is 0 Å². The third kappa shape index (κ3) is 4.62. The zero-order valence-electron chi connectivity index (χ0n) is 19.3. The van der Waals surface area contributed by atoms with E-state index in [9.17, 15) is 0 Å². The quantitative estimate of drug-likeness (QED) is 0.259. The maximum Gasteiger partial charge on any atom is 0.127 e. The van der Waals surface area contributed by atoms with Crippen molar-refractivity contribution >= 4 is 21.5 Å². The predicted octanol–water partition coefficient (Wildman–Crippen LogP) is 7.76. The third-order valence-corrected chi connectivity index (χ3v) is 6.34. The van der Waals surface area contributed by atoms with Crippen molar-refractivity contribution < 1.29 is 4.74 Å². The standard InChI is InChI=1S/C32H24N2O/c1-3-7-29-25(5-1)17-19-33-31(29)21-23-9-13-27(14-10-23)35-28-15-11-24(12-16-28)22-32-30-8-4-2-6-26(30)18-20-34-32/h1-20H,21-22H2. The minimum Gasteiger partial charge on any atom is -0.457 e. The number of nitrogens with zero attached hydrogens (tertiary/aromatic N) is 2. The Bertz CT molecular complexity index is 1470. The van der Waals surface area contributed by atoms with Crippen LogP contribution in [0.4, 0.5) is 0 Å². The summed E-state index contributed by atoms with van der Waals surface area (Å²) in [6, 6.07) is 37.4. The minimum absolute atomic E-state index is 0.790. The molecule has 2 aromatic heterocycles. The van der Waals surface area contributed by atoms with Gasteiger partial charge in [0, 0.05) is 36.0 Å². The topological polar surface area (TPSA) is 35.0 Å². The van der Waals surface area contributed by atoms with Gasteiger partial charge in [0.25, 0.3) is 0 Å². The van der Waals surface area contributed by atoms with Crippen LogP contribution >= 0.6 is 0 Å². The van der Waals surface area contributed by atoms with Gasteiger partial charge in [0.05, 0.1) is 11.4 Å². The molecule has 3 heteroatoms. The van der Waals surface area contributed by atoms with Crippen LogP contribution in [0.3, 0.4) is 0 Å². The van der Waals surface area contributed by atoms with Crippen molar-refractivity contribution in [3.8, 4) is 11.5 Å². The molecule has 35 heavy (non-hydrogen) atoms. The van der Waals surface area contributed by atoms with Crippen molar-refractivity contribution in [3.63, 3.8) is 0 Å². The Hall–Kier alpha value is -4.50. The zero-order valence-corrected chi connectivity index (χ0v) is 19.3. The average Bonchev–Trinajstić information content (AvgIpc) is 2.91. The molecule has 0 aliphatic heterocycles.